The molecule has 4 rings (SSSR count). The largest absolute Gasteiger partial charge is 0.378 e. The van der Waals surface area contributed by atoms with Crippen molar-refractivity contribution in [3.8, 4) is 0 Å². The summed E-state index contributed by atoms with van der Waals surface area (Å²) in [6, 6.07) is 8.08. The molecule has 2 N–H and O–H groups in total. The Bertz CT molecular complexity index is 878. The highest BCUT2D eigenvalue weighted by molar-refractivity contribution is 5.81. The van der Waals surface area contributed by atoms with E-state index in [4.69, 9.17) is 4.74 Å². The molecule has 1 atom stereocenters. The van der Waals surface area contributed by atoms with Gasteiger partial charge in [0.2, 0.25) is 5.95 Å². The number of rotatable bonds is 4. The molecule has 1 aliphatic heterocycles. The zero-order chi connectivity index (χ0) is 17.2. The van der Waals surface area contributed by atoms with E-state index < -0.39 is 0 Å². The monoisotopic (exact) mass is 339 g/mol. The highest BCUT2D eigenvalue weighted by atomic mass is 16.5. The first-order valence-corrected chi connectivity index (χ1v) is 8.37. The molecule has 1 saturated heterocycles. The lowest BCUT2D eigenvalue weighted by Crippen LogP contribution is -2.37. The van der Waals surface area contributed by atoms with Gasteiger partial charge in [0.15, 0.2) is 5.82 Å². The molecule has 130 valence electrons. The van der Waals surface area contributed by atoms with E-state index in [1.807, 2.05) is 31.2 Å². The quantitative estimate of drug-likeness (QED) is 0.747. The third kappa shape index (κ3) is 3.31. The molecule has 1 fully saturated rings. The lowest BCUT2D eigenvalue weighted by Gasteiger charge is -2.30. The SMILES string of the molecule is Cc1nc(NCc2nc(C3COCCN3C)n[nH]2)nc2ccccc12. The van der Waals surface area contributed by atoms with Gasteiger partial charge in [0.05, 0.1) is 37.0 Å². The summed E-state index contributed by atoms with van der Waals surface area (Å²) in [5, 5.41) is 11.6. The van der Waals surface area contributed by atoms with Gasteiger partial charge in [-0.25, -0.2) is 15.0 Å². The Hall–Kier alpha value is -2.58. The predicted octanol–water partition coefficient (Wildman–Crippen LogP) is 1.67. The normalized spacial score (nSPS) is 18.6. The van der Waals surface area contributed by atoms with Crippen molar-refractivity contribution in [1.29, 1.82) is 0 Å². The molecule has 1 aromatic carbocycles. The summed E-state index contributed by atoms with van der Waals surface area (Å²) < 4.78 is 5.53. The summed E-state index contributed by atoms with van der Waals surface area (Å²) in [6.07, 6.45) is 0. The standard InChI is InChI=1S/C17H21N7O/c1-11-12-5-3-4-6-13(12)20-17(19-11)18-9-15-21-16(23-22-15)14-10-25-8-7-24(14)2/h3-6,14H,7-10H2,1-2H3,(H,18,19,20)(H,21,22,23). The summed E-state index contributed by atoms with van der Waals surface area (Å²) >= 11 is 0. The first-order valence-electron chi connectivity index (χ1n) is 8.37. The average Bonchev–Trinajstić information content (AvgIpc) is 3.09. The van der Waals surface area contributed by atoms with Crippen molar-refractivity contribution in [3.63, 3.8) is 0 Å². The molecule has 3 heterocycles. The maximum Gasteiger partial charge on any atom is 0.223 e. The van der Waals surface area contributed by atoms with Gasteiger partial charge in [-0.15, -0.1) is 0 Å². The molecule has 0 aliphatic carbocycles. The molecule has 25 heavy (non-hydrogen) atoms. The van der Waals surface area contributed by atoms with E-state index in [-0.39, 0.29) is 6.04 Å². The van der Waals surface area contributed by atoms with E-state index in [2.05, 4.69) is 42.4 Å². The molecule has 8 nitrogen and oxygen atoms in total. The molecule has 1 unspecified atom stereocenters. The maximum absolute atomic E-state index is 5.53. The van der Waals surface area contributed by atoms with Gasteiger partial charge in [-0.1, -0.05) is 18.2 Å². The van der Waals surface area contributed by atoms with Crippen LogP contribution in [0.2, 0.25) is 0 Å². The number of hydrogen-bond donors (Lipinski definition) is 2. The van der Waals surface area contributed by atoms with Crippen molar-refractivity contribution in [1.82, 2.24) is 30.0 Å². The predicted molar refractivity (Wildman–Crippen MR) is 94.2 cm³/mol. The van der Waals surface area contributed by atoms with Crippen molar-refractivity contribution in [2.24, 2.45) is 0 Å². The molecule has 0 spiro atoms. The smallest absolute Gasteiger partial charge is 0.223 e. The third-order valence-corrected chi connectivity index (χ3v) is 4.45. The molecule has 8 heteroatoms. The Morgan fingerprint density at radius 2 is 2.16 bits per heavy atom. The second-order valence-electron chi connectivity index (χ2n) is 6.21. The van der Waals surface area contributed by atoms with Crippen molar-refractivity contribution in [2.45, 2.75) is 19.5 Å². The number of aryl methyl sites for hydroxylation is 1. The van der Waals surface area contributed by atoms with Crippen LogP contribution in [0.15, 0.2) is 24.3 Å². The zero-order valence-corrected chi connectivity index (χ0v) is 14.4. The maximum atomic E-state index is 5.53. The second kappa shape index (κ2) is 6.73. The van der Waals surface area contributed by atoms with Crippen LogP contribution >= 0.6 is 0 Å². The number of aromatic nitrogens is 5. The highest BCUT2D eigenvalue weighted by Gasteiger charge is 2.25. The fourth-order valence-electron chi connectivity index (χ4n) is 2.97. The van der Waals surface area contributed by atoms with E-state index in [0.717, 1.165) is 41.4 Å². The Kier molecular flexibility index (Phi) is 4.29. The molecule has 0 amide bonds. The molecule has 1 aliphatic rings. The number of aromatic amines is 1. The lowest BCUT2D eigenvalue weighted by atomic mass is 10.2. The van der Waals surface area contributed by atoms with Crippen molar-refractivity contribution < 1.29 is 4.74 Å². The first kappa shape index (κ1) is 15.9. The van der Waals surface area contributed by atoms with Crippen LogP contribution < -0.4 is 5.32 Å². The molecular weight excluding hydrogens is 318 g/mol. The summed E-state index contributed by atoms with van der Waals surface area (Å²) in [4.78, 5) is 15.8. The van der Waals surface area contributed by atoms with Crippen LogP contribution in [0.4, 0.5) is 5.95 Å². The minimum Gasteiger partial charge on any atom is -0.378 e. The second-order valence-corrected chi connectivity index (χ2v) is 6.21. The minimum atomic E-state index is 0.0953. The number of morpholine rings is 1. The van der Waals surface area contributed by atoms with Crippen LogP contribution in [0.1, 0.15) is 23.4 Å². The lowest BCUT2D eigenvalue weighted by molar-refractivity contribution is 0.00194. The van der Waals surface area contributed by atoms with Crippen LogP contribution in [0.3, 0.4) is 0 Å². The number of H-pyrrole nitrogens is 1. The number of likely N-dealkylation sites (N-methyl/N-ethyl adjacent to an activating group) is 1. The number of ether oxygens (including phenoxy) is 1. The average molecular weight is 339 g/mol. The van der Waals surface area contributed by atoms with Gasteiger partial charge in [0.25, 0.3) is 0 Å². The van der Waals surface area contributed by atoms with Crippen molar-refractivity contribution in [2.75, 3.05) is 32.1 Å². The Labute approximate surface area is 145 Å². The van der Waals surface area contributed by atoms with Crippen LogP contribution in [0.25, 0.3) is 10.9 Å². The fourth-order valence-corrected chi connectivity index (χ4v) is 2.97. The minimum absolute atomic E-state index is 0.0953. The highest BCUT2D eigenvalue weighted by Crippen LogP contribution is 2.19. The van der Waals surface area contributed by atoms with E-state index in [0.29, 0.717) is 19.1 Å². The van der Waals surface area contributed by atoms with Crippen LogP contribution in [-0.4, -0.2) is 56.9 Å². The van der Waals surface area contributed by atoms with Gasteiger partial charge >= 0.3 is 0 Å². The van der Waals surface area contributed by atoms with Gasteiger partial charge in [-0.2, -0.15) is 5.10 Å². The molecule has 0 saturated carbocycles. The third-order valence-electron chi connectivity index (χ3n) is 4.45. The Morgan fingerprint density at radius 1 is 1.28 bits per heavy atom. The van der Waals surface area contributed by atoms with Crippen LogP contribution in [0.5, 0.6) is 0 Å². The van der Waals surface area contributed by atoms with Crippen molar-refractivity contribution in [3.05, 3.63) is 41.6 Å². The molecular formula is C17H21N7O. The molecule has 2 aromatic heterocycles. The van der Waals surface area contributed by atoms with Crippen LogP contribution in [-0.2, 0) is 11.3 Å². The Balaban J connectivity index is 1.47. The molecule has 3 aromatic rings. The van der Waals surface area contributed by atoms with Gasteiger partial charge in [-0.3, -0.25) is 10.00 Å². The summed E-state index contributed by atoms with van der Waals surface area (Å²) in [5.41, 5.74) is 1.88. The van der Waals surface area contributed by atoms with Crippen molar-refractivity contribution >= 4 is 16.9 Å². The van der Waals surface area contributed by atoms with Gasteiger partial charge in [0.1, 0.15) is 5.82 Å². The number of anilines is 1. The summed E-state index contributed by atoms with van der Waals surface area (Å²) in [6.45, 7) is 4.73. The van der Waals surface area contributed by atoms with Gasteiger partial charge < -0.3 is 10.1 Å². The topological polar surface area (TPSA) is 91.9 Å². The Morgan fingerprint density at radius 3 is 3.04 bits per heavy atom. The molecule has 0 radical (unpaired) electrons. The van der Waals surface area contributed by atoms with E-state index in [1.54, 1.807) is 0 Å². The summed E-state index contributed by atoms with van der Waals surface area (Å²) in [5.74, 6) is 2.10. The zero-order valence-electron chi connectivity index (χ0n) is 14.4. The van der Waals surface area contributed by atoms with Gasteiger partial charge in [0, 0.05) is 11.9 Å². The van der Waals surface area contributed by atoms with Crippen LogP contribution in [0, 0.1) is 6.92 Å². The number of nitrogens with zero attached hydrogens (tertiary/aromatic N) is 5. The number of hydrogen-bond acceptors (Lipinski definition) is 7. The van der Waals surface area contributed by atoms with E-state index in [1.165, 1.54) is 0 Å². The van der Waals surface area contributed by atoms with E-state index >= 15 is 0 Å². The van der Waals surface area contributed by atoms with E-state index in [9.17, 15) is 0 Å². The number of nitrogens with one attached hydrogen (secondary N) is 2. The number of fused-ring (bicyclic) bond motifs is 1. The van der Waals surface area contributed by atoms with Gasteiger partial charge in [-0.05, 0) is 20.0 Å². The fraction of sp³-hybridized carbons (Fsp3) is 0.412. The molecule has 0 bridgehead atoms. The first-order chi connectivity index (χ1) is 12.2. The summed E-state index contributed by atoms with van der Waals surface area (Å²) in [7, 11) is 2.06. The number of para-hydroxylation sites is 1. The number of benzene rings is 1.